The molecule has 0 saturated heterocycles. The van der Waals surface area contributed by atoms with Gasteiger partial charge in [0.2, 0.25) is 0 Å². The van der Waals surface area contributed by atoms with Gasteiger partial charge in [0.05, 0.1) is 7.11 Å². The van der Waals surface area contributed by atoms with E-state index in [0.29, 0.717) is 5.75 Å². The number of hydrogen-bond donors (Lipinski definition) is 1. The van der Waals surface area contributed by atoms with Gasteiger partial charge in [0.25, 0.3) is 5.91 Å². The molecule has 0 atom stereocenters. The highest BCUT2D eigenvalue weighted by molar-refractivity contribution is 5.96. The molecule has 1 N–H and O–H groups in total. The molecule has 25 heavy (non-hydrogen) atoms. The zero-order valence-electron chi connectivity index (χ0n) is 15.3. The van der Waals surface area contributed by atoms with Crippen molar-refractivity contribution < 1.29 is 19.1 Å². The molecule has 0 aliphatic carbocycles. The van der Waals surface area contributed by atoms with Gasteiger partial charge in [-0.3, -0.25) is 9.59 Å². The van der Waals surface area contributed by atoms with Crippen LogP contribution < -0.4 is 10.1 Å². The summed E-state index contributed by atoms with van der Waals surface area (Å²) in [5.41, 5.74) is 2.58. The van der Waals surface area contributed by atoms with Crippen molar-refractivity contribution in [3.63, 3.8) is 0 Å². The van der Waals surface area contributed by atoms with Gasteiger partial charge >= 0.3 is 5.97 Å². The molecule has 0 radical (unpaired) electrons. The number of ether oxygens (including phenoxy) is 2. The summed E-state index contributed by atoms with van der Waals surface area (Å²) in [6.45, 7) is 6.11. The van der Waals surface area contributed by atoms with Crippen molar-refractivity contribution >= 4 is 11.9 Å². The molecule has 1 rings (SSSR count). The number of esters is 1. The van der Waals surface area contributed by atoms with Crippen molar-refractivity contribution in [1.29, 1.82) is 0 Å². The van der Waals surface area contributed by atoms with Crippen LogP contribution in [-0.2, 0) is 9.53 Å². The van der Waals surface area contributed by atoms with Crippen molar-refractivity contribution in [2.75, 3.05) is 20.3 Å². The van der Waals surface area contributed by atoms with E-state index >= 15 is 0 Å². The fourth-order valence-electron chi connectivity index (χ4n) is 1.98. The Kier molecular flexibility index (Phi) is 9.00. The molecule has 6 nitrogen and oxygen atoms in total. The van der Waals surface area contributed by atoms with E-state index in [0.717, 1.165) is 18.4 Å². The molecule has 0 spiro atoms. The molecule has 0 bridgehead atoms. The number of aromatic nitrogens is 1. The molecule has 0 fully saturated rings. The van der Waals surface area contributed by atoms with E-state index in [9.17, 15) is 9.59 Å². The normalized spacial score (nSPS) is 10.8. The molecule has 0 aliphatic rings. The highest BCUT2D eigenvalue weighted by Crippen LogP contribution is 2.13. The largest absolute Gasteiger partial charge is 0.494 e. The number of nitrogens with one attached hydrogen (secondary N) is 1. The molecular formula is C19H26N2O4. The Bertz CT molecular complexity index is 647. The van der Waals surface area contributed by atoms with Crippen LogP contribution in [0.3, 0.4) is 0 Å². The van der Waals surface area contributed by atoms with Crippen LogP contribution in [-0.4, -0.2) is 37.1 Å². The van der Waals surface area contributed by atoms with Gasteiger partial charge in [-0.1, -0.05) is 17.2 Å². The van der Waals surface area contributed by atoms with Gasteiger partial charge in [0.15, 0.2) is 5.69 Å². The van der Waals surface area contributed by atoms with Crippen LogP contribution in [0.2, 0.25) is 0 Å². The predicted octanol–water partition coefficient (Wildman–Crippen LogP) is 3.06. The third kappa shape index (κ3) is 8.15. The monoisotopic (exact) mass is 346 g/mol. The van der Waals surface area contributed by atoms with E-state index in [-0.39, 0.29) is 18.8 Å². The number of carbonyl (C=O) groups excluding carboxylic acids is 2. The first-order valence-corrected chi connectivity index (χ1v) is 8.16. The van der Waals surface area contributed by atoms with Crippen molar-refractivity contribution in [3.8, 4) is 5.75 Å². The molecule has 1 heterocycles. The zero-order valence-corrected chi connectivity index (χ0v) is 15.3. The molecule has 6 heteroatoms. The summed E-state index contributed by atoms with van der Waals surface area (Å²) in [7, 11) is 1.45. The summed E-state index contributed by atoms with van der Waals surface area (Å²) in [6, 6.07) is 3.29. The van der Waals surface area contributed by atoms with Gasteiger partial charge in [-0.05, 0) is 51.8 Å². The summed E-state index contributed by atoms with van der Waals surface area (Å²) in [6.07, 6.45) is 7.43. The third-order valence-corrected chi connectivity index (χ3v) is 3.37. The Morgan fingerprint density at radius 3 is 2.68 bits per heavy atom. The second-order valence-corrected chi connectivity index (χ2v) is 5.79. The third-order valence-electron chi connectivity index (χ3n) is 3.37. The lowest BCUT2D eigenvalue weighted by Gasteiger charge is -2.08. The average Bonchev–Trinajstić information content (AvgIpc) is 2.59. The quantitative estimate of drug-likeness (QED) is 0.549. The highest BCUT2D eigenvalue weighted by atomic mass is 16.5. The van der Waals surface area contributed by atoms with Crippen LogP contribution in [0.4, 0.5) is 0 Å². The fraction of sp³-hybridized carbons (Fsp3) is 0.421. The van der Waals surface area contributed by atoms with Crippen LogP contribution in [0, 0.1) is 0 Å². The Balaban J connectivity index is 2.35. The second-order valence-electron chi connectivity index (χ2n) is 5.79. The molecule has 136 valence electrons. The Hall–Kier alpha value is -2.63. The second kappa shape index (κ2) is 11.0. The standard InChI is InChI=1S/C19H26N2O4/c1-14(2)7-5-8-15(3)10-12-25-17(22)13-21-19(23)18-16(24-4)9-6-11-20-18/h6-7,9-11H,5,8,12-13H2,1-4H3,(H,21,23). The number of allylic oxidation sites excluding steroid dienone is 3. The minimum atomic E-state index is -0.503. The minimum absolute atomic E-state index is 0.132. The Morgan fingerprint density at radius 2 is 2.00 bits per heavy atom. The maximum absolute atomic E-state index is 12.0. The summed E-state index contributed by atoms with van der Waals surface area (Å²) in [5.74, 6) is -0.636. The van der Waals surface area contributed by atoms with Crippen LogP contribution in [0.25, 0.3) is 0 Å². The van der Waals surface area contributed by atoms with E-state index in [1.165, 1.54) is 18.9 Å². The number of carbonyl (C=O) groups is 2. The molecule has 0 unspecified atom stereocenters. The van der Waals surface area contributed by atoms with E-state index < -0.39 is 11.9 Å². The maximum Gasteiger partial charge on any atom is 0.325 e. The first kappa shape index (κ1) is 20.4. The van der Waals surface area contributed by atoms with Gasteiger partial charge in [-0.25, -0.2) is 4.98 Å². The van der Waals surface area contributed by atoms with Crippen LogP contribution >= 0.6 is 0 Å². The SMILES string of the molecule is COc1cccnc1C(=O)NCC(=O)OCC=C(C)CCC=C(C)C. The highest BCUT2D eigenvalue weighted by Gasteiger charge is 2.14. The van der Waals surface area contributed by atoms with E-state index in [1.807, 2.05) is 13.0 Å². The first-order chi connectivity index (χ1) is 11.9. The minimum Gasteiger partial charge on any atom is -0.494 e. The van der Waals surface area contributed by atoms with Crippen molar-refractivity contribution in [2.24, 2.45) is 0 Å². The predicted molar refractivity (Wildman–Crippen MR) is 96.5 cm³/mol. The van der Waals surface area contributed by atoms with E-state index in [1.54, 1.807) is 12.1 Å². The fourth-order valence-corrected chi connectivity index (χ4v) is 1.98. The van der Waals surface area contributed by atoms with Crippen LogP contribution in [0.5, 0.6) is 5.75 Å². The average molecular weight is 346 g/mol. The molecule has 0 saturated carbocycles. The number of amides is 1. The summed E-state index contributed by atoms with van der Waals surface area (Å²) >= 11 is 0. The van der Waals surface area contributed by atoms with Gasteiger partial charge in [0, 0.05) is 6.20 Å². The number of hydrogen-bond acceptors (Lipinski definition) is 5. The van der Waals surface area contributed by atoms with E-state index in [4.69, 9.17) is 9.47 Å². The van der Waals surface area contributed by atoms with Crippen molar-refractivity contribution in [1.82, 2.24) is 10.3 Å². The van der Waals surface area contributed by atoms with Gasteiger partial charge in [0.1, 0.15) is 18.9 Å². The molecule has 0 aliphatic heterocycles. The van der Waals surface area contributed by atoms with Crippen molar-refractivity contribution in [2.45, 2.75) is 33.6 Å². The molecule has 1 aromatic rings. The van der Waals surface area contributed by atoms with Crippen LogP contribution in [0.1, 0.15) is 44.1 Å². The number of nitrogens with zero attached hydrogens (tertiary/aromatic N) is 1. The topological polar surface area (TPSA) is 77.5 Å². The smallest absolute Gasteiger partial charge is 0.325 e. The van der Waals surface area contributed by atoms with Crippen molar-refractivity contribution in [3.05, 3.63) is 47.3 Å². The lowest BCUT2D eigenvalue weighted by atomic mass is 10.1. The van der Waals surface area contributed by atoms with E-state index in [2.05, 4.69) is 30.2 Å². The lowest BCUT2D eigenvalue weighted by Crippen LogP contribution is -2.31. The first-order valence-electron chi connectivity index (χ1n) is 8.16. The van der Waals surface area contributed by atoms with Crippen LogP contribution in [0.15, 0.2) is 41.6 Å². The van der Waals surface area contributed by atoms with Gasteiger partial charge in [-0.2, -0.15) is 0 Å². The zero-order chi connectivity index (χ0) is 18.7. The summed E-state index contributed by atoms with van der Waals surface area (Å²) < 4.78 is 10.1. The number of rotatable bonds is 9. The number of pyridine rings is 1. The maximum atomic E-state index is 12.0. The Labute approximate surface area is 148 Å². The molecular weight excluding hydrogens is 320 g/mol. The lowest BCUT2D eigenvalue weighted by molar-refractivity contribution is -0.141. The Morgan fingerprint density at radius 1 is 1.24 bits per heavy atom. The molecule has 0 aromatic carbocycles. The number of methoxy groups -OCH3 is 1. The molecule has 1 aromatic heterocycles. The van der Waals surface area contributed by atoms with Gasteiger partial charge in [-0.15, -0.1) is 0 Å². The summed E-state index contributed by atoms with van der Waals surface area (Å²) in [5, 5.41) is 2.47. The summed E-state index contributed by atoms with van der Waals surface area (Å²) in [4.78, 5) is 27.6. The van der Waals surface area contributed by atoms with Gasteiger partial charge < -0.3 is 14.8 Å². The molecule has 1 amide bonds.